The molecule has 0 aromatic heterocycles. The lowest BCUT2D eigenvalue weighted by Gasteiger charge is -2.46. The van der Waals surface area contributed by atoms with Crippen LogP contribution in [0.5, 0.6) is 0 Å². The van der Waals surface area contributed by atoms with E-state index in [2.05, 4.69) is 5.43 Å². The monoisotopic (exact) mass is 256 g/mol. The third-order valence-corrected chi connectivity index (χ3v) is 3.87. The summed E-state index contributed by atoms with van der Waals surface area (Å²) in [6.07, 6.45) is 3.48. The standard InChI is InChI=1S/C13H18F2N2O/c1-18-13(5-2-6-13)12(17-16)8-9-3-4-10(14)11(15)7-9/h3-4,7,12,17H,2,5-6,8,16H2,1H3. The Morgan fingerprint density at radius 3 is 2.56 bits per heavy atom. The number of methoxy groups -OCH3 is 1. The van der Waals surface area contributed by atoms with Crippen molar-refractivity contribution in [3.8, 4) is 0 Å². The number of hydrogen-bond acceptors (Lipinski definition) is 3. The first-order valence-corrected chi connectivity index (χ1v) is 6.06. The normalized spacial score (nSPS) is 19.3. The molecule has 0 aliphatic heterocycles. The molecule has 0 saturated heterocycles. The summed E-state index contributed by atoms with van der Waals surface area (Å²) in [6.45, 7) is 0. The maximum absolute atomic E-state index is 13.1. The molecule has 1 aliphatic carbocycles. The van der Waals surface area contributed by atoms with Gasteiger partial charge in [-0.1, -0.05) is 6.07 Å². The molecule has 0 heterocycles. The van der Waals surface area contributed by atoms with Crippen LogP contribution in [0.2, 0.25) is 0 Å². The molecular formula is C13H18F2N2O. The second-order valence-corrected chi connectivity index (χ2v) is 4.79. The van der Waals surface area contributed by atoms with Gasteiger partial charge >= 0.3 is 0 Å². The average Bonchev–Trinajstić information content (AvgIpc) is 2.31. The highest BCUT2D eigenvalue weighted by molar-refractivity contribution is 5.20. The van der Waals surface area contributed by atoms with Gasteiger partial charge in [-0.15, -0.1) is 0 Å². The Kier molecular flexibility index (Phi) is 3.94. The molecule has 1 saturated carbocycles. The van der Waals surface area contributed by atoms with Crippen LogP contribution in [0.15, 0.2) is 18.2 Å². The van der Waals surface area contributed by atoms with Gasteiger partial charge in [0, 0.05) is 7.11 Å². The molecule has 1 fully saturated rings. The van der Waals surface area contributed by atoms with Crippen LogP contribution < -0.4 is 11.3 Å². The molecular weight excluding hydrogens is 238 g/mol. The zero-order valence-corrected chi connectivity index (χ0v) is 10.4. The third-order valence-electron chi connectivity index (χ3n) is 3.87. The molecule has 1 aromatic carbocycles. The zero-order chi connectivity index (χ0) is 13.2. The van der Waals surface area contributed by atoms with Gasteiger partial charge in [0.1, 0.15) is 0 Å². The summed E-state index contributed by atoms with van der Waals surface area (Å²) in [5, 5.41) is 0. The maximum atomic E-state index is 13.1. The van der Waals surface area contributed by atoms with Crippen LogP contribution in [0.3, 0.4) is 0 Å². The van der Waals surface area contributed by atoms with E-state index in [0.717, 1.165) is 25.3 Å². The molecule has 0 amide bonds. The van der Waals surface area contributed by atoms with Crippen LogP contribution >= 0.6 is 0 Å². The van der Waals surface area contributed by atoms with Crippen molar-refractivity contribution in [2.45, 2.75) is 37.3 Å². The molecule has 3 N–H and O–H groups in total. The Bertz CT molecular complexity index is 416. The van der Waals surface area contributed by atoms with Crippen molar-refractivity contribution >= 4 is 0 Å². The summed E-state index contributed by atoms with van der Waals surface area (Å²) < 4.78 is 31.5. The lowest BCUT2D eigenvalue weighted by atomic mass is 9.73. The summed E-state index contributed by atoms with van der Waals surface area (Å²) in [5.41, 5.74) is 3.17. The smallest absolute Gasteiger partial charge is 0.159 e. The first kappa shape index (κ1) is 13.4. The number of hydrazine groups is 1. The van der Waals surface area contributed by atoms with E-state index in [9.17, 15) is 8.78 Å². The van der Waals surface area contributed by atoms with E-state index < -0.39 is 11.6 Å². The first-order chi connectivity index (χ1) is 8.61. The van der Waals surface area contributed by atoms with E-state index in [1.165, 1.54) is 6.07 Å². The predicted octanol–water partition coefficient (Wildman–Crippen LogP) is 1.91. The van der Waals surface area contributed by atoms with Crippen LogP contribution in [0.4, 0.5) is 8.78 Å². The molecule has 0 radical (unpaired) electrons. The molecule has 1 atom stereocenters. The van der Waals surface area contributed by atoms with Crippen LogP contribution in [0.25, 0.3) is 0 Å². The van der Waals surface area contributed by atoms with Crippen LogP contribution in [0.1, 0.15) is 24.8 Å². The van der Waals surface area contributed by atoms with E-state index in [-0.39, 0.29) is 11.6 Å². The Morgan fingerprint density at radius 2 is 2.11 bits per heavy atom. The minimum atomic E-state index is -0.832. The summed E-state index contributed by atoms with van der Waals surface area (Å²) >= 11 is 0. The lowest BCUT2D eigenvalue weighted by Crippen LogP contribution is -2.59. The van der Waals surface area contributed by atoms with Crippen molar-refractivity contribution in [3.05, 3.63) is 35.4 Å². The molecule has 0 spiro atoms. The number of nitrogens with two attached hydrogens (primary N) is 1. The summed E-state index contributed by atoms with van der Waals surface area (Å²) in [4.78, 5) is 0. The highest BCUT2D eigenvalue weighted by Crippen LogP contribution is 2.39. The Balaban J connectivity index is 2.12. The number of halogens is 2. The first-order valence-electron chi connectivity index (χ1n) is 6.06. The Labute approximate surface area is 105 Å². The van der Waals surface area contributed by atoms with E-state index in [0.29, 0.717) is 12.0 Å². The van der Waals surface area contributed by atoms with Gasteiger partial charge in [-0.2, -0.15) is 0 Å². The fourth-order valence-corrected chi connectivity index (χ4v) is 2.52. The van der Waals surface area contributed by atoms with Gasteiger partial charge < -0.3 is 4.74 Å². The second kappa shape index (κ2) is 5.30. The highest BCUT2D eigenvalue weighted by atomic mass is 19.2. The van der Waals surface area contributed by atoms with E-state index in [4.69, 9.17) is 10.6 Å². The number of hydrogen-bond donors (Lipinski definition) is 2. The fourth-order valence-electron chi connectivity index (χ4n) is 2.52. The molecule has 2 rings (SSSR count). The van der Waals surface area contributed by atoms with Crippen LogP contribution in [-0.2, 0) is 11.2 Å². The molecule has 3 nitrogen and oxygen atoms in total. The number of ether oxygens (including phenoxy) is 1. The number of benzene rings is 1. The van der Waals surface area contributed by atoms with Gasteiger partial charge in [-0.05, 0) is 43.4 Å². The lowest BCUT2D eigenvalue weighted by molar-refractivity contribution is -0.0982. The van der Waals surface area contributed by atoms with Gasteiger partial charge in [0.2, 0.25) is 0 Å². The summed E-state index contributed by atoms with van der Waals surface area (Å²) in [6, 6.07) is 3.83. The van der Waals surface area contributed by atoms with Crippen molar-refractivity contribution in [1.29, 1.82) is 0 Å². The largest absolute Gasteiger partial charge is 0.377 e. The van der Waals surface area contributed by atoms with E-state index >= 15 is 0 Å². The highest BCUT2D eigenvalue weighted by Gasteiger charge is 2.44. The zero-order valence-electron chi connectivity index (χ0n) is 10.4. The number of rotatable bonds is 5. The van der Waals surface area contributed by atoms with E-state index in [1.54, 1.807) is 13.2 Å². The predicted molar refractivity (Wildman–Crippen MR) is 64.8 cm³/mol. The quantitative estimate of drug-likeness (QED) is 0.625. The third kappa shape index (κ3) is 2.39. The topological polar surface area (TPSA) is 47.3 Å². The summed E-state index contributed by atoms with van der Waals surface area (Å²) in [7, 11) is 1.66. The SMILES string of the molecule is COC1(C(Cc2ccc(F)c(F)c2)NN)CCC1. The maximum Gasteiger partial charge on any atom is 0.159 e. The average molecular weight is 256 g/mol. The summed E-state index contributed by atoms with van der Waals surface area (Å²) in [5.74, 6) is 3.90. The molecule has 0 bridgehead atoms. The van der Waals surface area contributed by atoms with Crippen molar-refractivity contribution in [1.82, 2.24) is 5.43 Å². The Hall–Kier alpha value is -1.04. The molecule has 1 aromatic rings. The molecule has 18 heavy (non-hydrogen) atoms. The van der Waals surface area contributed by atoms with Crippen LogP contribution in [-0.4, -0.2) is 18.8 Å². The van der Waals surface area contributed by atoms with Gasteiger partial charge in [-0.25, -0.2) is 8.78 Å². The minimum Gasteiger partial charge on any atom is -0.377 e. The van der Waals surface area contributed by atoms with Gasteiger partial charge in [-0.3, -0.25) is 11.3 Å². The molecule has 100 valence electrons. The van der Waals surface area contributed by atoms with Crippen molar-refractivity contribution in [2.75, 3.05) is 7.11 Å². The van der Waals surface area contributed by atoms with E-state index in [1.807, 2.05) is 0 Å². The van der Waals surface area contributed by atoms with Crippen molar-refractivity contribution in [2.24, 2.45) is 5.84 Å². The molecule has 1 unspecified atom stereocenters. The molecule has 5 heteroatoms. The fraction of sp³-hybridized carbons (Fsp3) is 0.538. The van der Waals surface area contributed by atoms with Gasteiger partial charge in [0.05, 0.1) is 11.6 Å². The van der Waals surface area contributed by atoms with Crippen LogP contribution in [0, 0.1) is 11.6 Å². The van der Waals surface area contributed by atoms with Gasteiger partial charge in [0.15, 0.2) is 11.6 Å². The van der Waals surface area contributed by atoms with Gasteiger partial charge in [0.25, 0.3) is 0 Å². The van der Waals surface area contributed by atoms with Crippen molar-refractivity contribution < 1.29 is 13.5 Å². The number of nitrogens with one attached hydrogen (secondary N) is 1. The van der Waals surface area contributed by atoms with Crippen molar-refractivity contribution in [3.63, 3.8) is 0 Å². The Morgan fingerprint density at radius 1 is 1.39 bits per heavy atom. The second-order valence-electron chi connectivity index (χ2n) is 4.79. The minimum absolute atomic E-state index is 0.0962. The molecule has 1 aliphatic rings.